The monoisotopic (exact) mass is 456 g/mol. The minimum Gasteiger partial charge on any atom is -0.357 e. The molecule has 0 spiro atoms. The van der Waals surface area contributed by atoms with Gasteiger partial charge in [0, 0.05) is 38.9 Å². The second-order valence-corrected chi connectivity index (χ2v) is 8.28. The summed E-state index contributed by atoms with van der Waals surface area (Å²) in [5.74, 6) is 2.63. The summed E-state index contributed by atoms with van der Waals surface area (Å²) < 4.78 is 1.73. The molecule has 4 rings (SSSR count). The number of rotatable bonds is 10. The van der Waals surface area contributed by atoms with E-state index in [4.69, 9.17) is 0 Å². The smallest absolute Gasteiger partial charge is 0.261 e. The van der Waals surface area contributed by atoms with Crippen molar-refractivity contribution in [2.75, 3.05) is 47.5 Å². The SMILES string of the molecule is CCNc1nc(NCC)n2c(SCC(=O)NCc3ccc(N4CCCC4)nc3)nnc2n1. The maximum atomic E-state index is 12.4. The standard InChI is InChI=1S/C20H28N10OS/c1-3-21-17-25-18(22-4-2)30-19(26-17)27-28-20(30)32-13-16(31)24-12-14-7-8-15(23-11-14)29-9-5-6-10-29/h7-8,11H,3-6,9-10,12-13H2,1-2H3,(H,24,31)(H2,21,22,25,26,27). The zero-order valence-electron chi connectivity index (χ0n) is 18.3. The van der Waals surface area contributed by atoms with Gasteiger partial charge in [-0.15, -0.1) is 10.2 Å². The second kappa shape index (κ2) is 10.4. The van der Waals surface area contributed by atoms with Crippen molar-refractivity contribution < 1.29 is 4.79 Å². The summed E-state index contributed by atoms with van der Waals surface area (Å²) in [7, 11) is 0. The van der Waals surface area contributed by atoms with E-state index in [1.165, 1.54) is 24.6 Å². The molecule has 1 saturated heterocycles. The number of carbonyl (C=O) groups excluding carboxylic acids is 1. The van der Waals surface area contributed by atoms with Crippen LogP contribution in [-0.4, -0.2) is 67.4 Å². The molecule has 1 aliphatic heterocycles. The van der Waals surface area contributed by atoms with Crippen LogP contribution in [0, 0.1) is 0 Å². The van der Waals surface area contributed by atoms with E-state index in [9.17, 15) is 4.79 Å². The molecule has 11 nitrogen and oxygen atoms in total. The van der Waals surface area contributed by atoms with Crippen LogP contribution in [0.25, 0.3) is 5.78 Å². The van der Waals surface area contributed by atoms with Crippen LogP contribution in [0.4, 0.5) is 17.7 Å². The number of nitrogens with one attached hydrogen (secondary N) is 3. The Kier molecular flexibility index (Phi) is 7.20. The predicted octanol–water partition coefficient (Wildman–Crippen LogP) is 1.79. The maximum Gasteiger partial charge on any atom is 0.261 e. The predicted molar refractivity (Wildman–Crippen MR) is 125 cm³/mol. The number of nitrogens with zero attached hydrogens (tertiary/aromatic N) is 7. The van der Waals surface area contributed by atoms with Crippen molar-refractivity contribution in [2.24, 2.45) is 0 Å². The minimum absolute atomic E-state index is 0.0921. The molecule has 0 unspecified atom stereocenters. The Labute approximate surface area is 190 Å². The molecular formula is C20H28N10OS. The summed E-state index contributed by atoms with van der Waals surface area (Å²) in [6.07, 6.45) is 4.27. The van der Waals surface area contributed by atoms with E-state index >= 15 is 0 Å². The van der Waals surface area contributed by atoms with Crippen LogP contribution < -0.4 is 20.9 Å². The molecule has 0 atom stereocenters. The lowest BCUT2D eigenvalue weighted by Gasteiger charge is -2.16. The normalized spacial score (nSPS) is 13.5. The Hall–Kier alpha value is -3.15. The molecular weight excluding hydrogens is 428 g/mol. The van der Waals surface area contributed by atoms with E-state index in [2.05, 4.69) is 46.0 Å². The molecule has 3 aromatic heterocycles. The molecule has 1 fully saturated rings. The van der Waals surface area contributed by atoms with Gasteiger partial charge in [0.15, 0.2) is 5.16 Å². The number of anilines is 3. The molecule has 0 radical (unpaired) electrons. The van der Waals surface area contributed by atoms with Crippen LogP contribution in [0.2, 0.25) is 0 Å². The van der Waals surface area contributed by atoms with Crippen molar-refractivity contribution in [1.29, 1.82) is 0 Å². The lowest BCUT2D eigenvalue weighted by molar-refractivity contribution is -0.118. The van der Waals surface area contributed by atoms with Gasteiger partial charge in [-0.05, 0) is 38.3 Å². The van der Waals surface area contributed by atoms with Gasteiger partial charge < -0.3 is 20.9 Å². The van der Waals surface area contributed by atoms with Crippen LogP contribution in [0.15, 0.2) is 23.5 Å². The number of pyridine rings is 1. The lowest BCUT2D eigenvalue weighted by atomic mass is 10.2. The molecule has 170 valence electrons. The van der Waals surface area contributed by atoms with Gasteiger partial charge in [-0.2, -0.15) is 9.97 Å². The lowest BCUT2D eigenvalue weighted by Crippen LogP contribution is -2.25. The Morgan fingerprint density at radius 1 is 1.09 bits per heavy atom. The highest BCUT2D eigenvalue weighted by Crippen LogP contribution is 2.21. The van der Waals surface area contributed by atoms with Crippen molar-refractivity contribution in [2.45, 2.75) is 38.4 Å². The number of thioether (sulfide) groups is 1. The number of aromatic nitrogens is 6. The first-order chi connectivity index (χ1) is 15.7. The second-order valence-electron chi connectivity index (χ2n) is 7.33. The number of fused-ring (bicyclic) bond motifs is 1. The molecule has 0 saturated carbocycles. The van der Waals surface area contributed by atoms with Gasteiger partial charge in [0.05, 0.1) is 5.75 Å². The number of hydrogen-bond donors (Lipinski definition) is 3. The summed E-state index contributed by atoms with van der Waals surface area (Å²) in [4.78, 5) is 28.1. The molecule has 1 aliphatic rings. The molecule has 12 heteroatoms. The fourth-order valence-electron chi connectivity index (χ4n) is 3.43. The summed E-state index contributed by atoms with van der Waals surface area (Å²) in [5.41, 5.74) is 0.970. The summed E-state index contributed by atoms with van der Waals surface area (Å²) in [5, 5.41) is 18.1. The van der Waals surface area contributed by atoms with Gasteiger partial charge in [-0.3, -0.25) is 4.79 Å². The van der Waals surface area contributed by atoms with E-state index in [0.29, 0.717) is 42.5 Å². The third-order valence-corrected chi connectivity index (χ3v) is 5.91. The van der Waals surface area contributed by atoms with Crippen LogP contribution in [0.5, 0.6) is 0 Å². The summed E-state index contributed by atoms with van der Waals surface area (Å²) in [6, 6.07) is 4.04. The molecule has 0 aliphatic carbocycles. The van der Waals surface area contributed by atoms with E-state index in [1.54, 1.807) is 4.40 Å². The topological polar surface area (TPSA) is 125 Å². The average molecular weight is 457 g/mol. The number of hydrogen-bond acceptors (Lipinski definition) is 10. The molecule has 4 heterocycles. The Morgan fingerprint density at radius 3 is 2.62 bits per heavy atom. The minimum atomic E-state index is -0.0921. The van der Waals surface area contributed by atoms with Crippen LogP contribution in [-0.2, 0) is 11.3 Å². The van der Waals surface area contributed by atoms with Crippen LogP contribution >= 0.6 is 11.8 Å². The van der Waals surface area contributed by atoms with E-state index in [0.717, 1.165) is 24.5 Å². The van der Waals surface area contributed by atoms with Crippen molar-refractivity contribution in [3.63, 3.8) is 0 Å². The van der Waals surface area contributed by atoms with Crippen molar-refractivity contribution in [3.8, 4) is 0 Å². The van der Waals surface area contributed by atoms with Crippen LogP contribution in [0.3, 0.4) is 0 Å². The highest BCUT2D eigenvalue weighted by molar-refractivity contribution is 7.99. The van der Waals surface area contributed by atoms with Gasteiger partial charge in [-0.1, -0.05) is 17.8 Å². The third kappa shape index (κ3) is 5.18. The maximum absolute atomic E-state index is 12.4. The quantitative estimate of drug-likeness (QED) is 0.389. The van der Waals surface area contributed by atoms with Gasteiger partial charge in [0.1, 0.15) is 5.82 Å². The zero-order chi connectivity index (χ0) is 22.3. The first-order valence-corrected chi connectivity index (χ1v) is 11.9. The average Bonchev–Trinajstić information content (AvgIpc) is 3.47. The number of amides is 1. The highest BCUT2D eigenvalue weighted by atomic mass is 32.2. The Morgan fingerprint density at radius 2 is 1.91 bits per heavy atom. The highest BCUT2D eigenvalue weighted by Gasteiger charge is 2.16. The summed E-state index contributed by atoms with van der Waals surface area (Å²) >= 11 is 1.29. The fraction of sp³-hybridized carbons (Fsp3) is 0.500. The van der Waals surface area contributed by atoms with E-state index in [1.807, 2.05) is 32.2 Å². The summed E-state index contributed by atoms with van der Waals surface area (Å²) in [6.45, 7) is 7.91. The molecule has 0 bridgehead atoms. The first-order valence-electron chi connectivity index (χ1n) is 10.9. The van der Waals surface area contributed by atoms with Crippen LogP contribution in [0.1, 0.15) is 32.3 Å². The molecule has 3 aromatic rings. The van der Waals surface area contributed by atoms with Gasteiger partial charge in [0.2, 0.25) is 17.8 Å². The molecule has 3 N–H and O–H groups in total. The Bertz CT molecular complexity index is 1050. The van der Waals surface area contributed by atoms with Gasteiger partial charge >= 0.3 is 0 Å². The molecule has 0 aromatic carbocycles. The first kappa shape index (κ1) is 22.1. The third-order valence-electron chi connectivity index (χ3n) is 4.98. The van der Waals surface area contributed by atoms with Gasteiger partial charge in [-0.25, -0.2) is 9.38 Å². The van der Waals surface area contributed by atoms with E-state index < -0.39 is 0 Å². The van der Waals surface area contributed by atoms with Gasteiger partial charge in [0.25, 0.3) is 5.78 Å². The van der Waals surface area contributed by atoms with Crippen molar-refractivity contribution in [3.05, 3.63) is 23.9 Å². The Balaban J connectivity index is 1.34. The zero-order valence-corrected chi connectivity index (χ0v) is 19.2. The van der Waals surface area contributed by atoms with E-state index in [-0.39, 0.29) is 11.7 Å². The van der Waals surface area contributed by atoms with Crippen molar-refractivity contribution >= 4 is 41.2 Å². The van der Waals surface area contributed by atoms with Crippen molar-refractivity contribution in [1.82, 2.24) is 34.9 Å². The largest absolute Gasteiger partial charge is 0.357 e. The number of carbonyl (C=O) groups is 1. The molecule has 32 heavy (non-hydrogen) atoms. The fourth-order valence-corrected chi connectivity index (χ4v) is 4.19. The molecule has 1 amide bonds.